The molecule has 1 saturated heterocycles. The van der Waals surface area contributed by atoms with E-state index in [1.807, 2.05) is 0 Å². The SMILES string of the molecule is CCC1CCC(CN2CC3(CCCCC3)NCC2C)CC1. The molecule has 1 N–H and O–H groups in total. The summed E-state index contributed by atoms with van der Waals surface area (Å²) in [6.45, 7) is 8.71. The molecular formula is C19H36N2. The topological polar surface area (TPSA) is 15.3 Å². The highest BCUT2D eigenvalue weighted by atomic mass is 15.3. The van der Waals surface area contributed by atoms with Crippen LogP contribution in [0.25, 0.3) is 0 Å². The van der Waals surface area contributed by atoms with Crippen molar-refractivity contribution in [3.05, 3.63) is 0 Å². The highest BCUT2D eigenvalue weighted by Crippen LogP contribution is 2.35. The van der Waals surface area contributed by atoms with Crippen LogP contribution < -0.4 is 5.32 Å². The first-order chi connectivity index (χ1) is 10.2. The van der Waals surface area contributed by atoms with Gasteiger partial charge in [-0.15, -0.1) is 0 Å². The van der Waals surface area contributed by atoms with Gasteiger partial charge in [0.2, 0.25) is 0 Å². The monoisotopic (exact) mass is 292 g/mol. The minimum atomic E-state index is 0.478. The molecule has 2 aliphatic carbocycles. The van der Waals surface area contributed by atoms with Gasteiger partial charge in [0.15, 0.2) is 0 Å². The van der Waals surface area contributed by atoms with Crippen molar-refractivity contribution in [1.82, 2.24) is 10.2 Å². The molecule has 122 valence electrons. The molecule has 1 aliphatic heterocycles. The number of nitrogens with one attached hydrogen (secondary N) is 1. The third-order valence-electron chi connectivity index (χ3n) is 6.75. The standard InChI is InChI=1S/C19H36N2/c1-3-17-7-9-18(10-8-17)14-21-15-19(20-13-16(21)2)11-5-4-6-12-19/h16-18,20H,3-15H2,1-2H3. The lowest BCUT2D eigenvalue weighted by molar-refractivity contribution is 0.0438. The fourth-order valence-corrected chi connectivity index (χ4v) is 5.06. The van der Waals surface area contributed by atoms with Crippen molar-refractivity contribution in [2.45, 2.75) is 89.6 Å². The molecular weight excluding hydrogens is 256 g/mol. The van der Waals surface area contributed by atoms with Gasteiger partial charge in [0.1, 0.15) is 0 Å². The third-order valence-corrected chi connectivity index (χ3v) is 6.75. The Morgan fingerprint density at radius 2 is 1.67 bits per heavy atom. The number of hydrogen-bond acceptors (Lipinski definition) is 2. The maximum atomic E-state index is 3.93. The molecule has 3 aliphatic rings. The van der Waals surface area contributed by atoms with E-state index in [2.05, 4.69) is 24.1 Å². The van der Waals surface area contributed by atoms with E-state index in [-0.39, 0.29) is 0 Å². The predicted molar refractivity (Wildman–Crippen MR) is 90.6 cm³/mol. The summed E-state index contributed by atoms with van der Waals surface area (Å²) in [4.78, 5) is 2.85. The van der Waals surface area contributed by atoms with Gasteiger partial charge in [-0.2, -0.15) is 0 Å². The van der Waals surface area contributed by atoms with Gasteiger partial charge in [-0.1, -0.05) is 45.4 Å². The fraction of sp³-hybridized carbons (Fsp3) is 1.00. The Bertz CT molecular complexity index is 314. The predicted octanol–water partition coefficient (Wildman–Crippen LogP) is 4.20. The second kappa shape index (κ2) is 7.00. The molecule has 21 heavy (non-hydrogen) atoms. The lowest BCUT2D eigenvalue weighted by Crippen LogP contribution is -2.64. The first kappa shape index (κ1) is 15.8. The fourth-order valence-electron chi connectivity index (χ4n) is 5.06. The zero-order chi connectivity index (χ0) is 14.7. The van der Waals surface area contributed by atoms with Gasteiger partial charge in [-0.05, 0) is 44.4 Å². The molecule has 0 bridgehead atoms. The van der Waals surface area contributed by atoms with Crippen molar-refractivity contribution in [3.63, 3.8) is 0 Å². The van der Waals surface area contributed by atoms with E-state index in [9.17, 15) is 0 Å². The van der Waals surface area contributed by atoms with E-state index in [4.69, 9.17) is 0 Å². The summed E-state index contributed by atoms with van der Waals surface area (Å²) in [5, 5.41) is 3.93. The molecule has 3 rings (SSSR count). The number of piperazine rings is 1. The van der Waals surface area contributed by atoms with Crippen LogP contribution in [-0.2, 0) is 0 Å². The van der Waals surface area contributed by atoms with E-state index in [0.29, 0.717) is 5.54 Å². The average Bonchev–Trinajstić information content (AvgIpc) is 2.53. The molecule has 1 atom stereocenters. The smallest absolute Gasteiger partial charge is 0.0309 e. The van der Waals surface area contributed by atoms with Crippen molar-refractivity contribution in [1.29, 1.82) is 0 Å². The highest BCUT2D eigenvalue weighted by Gasteiger charge is 2.39. The Balaban J connectivity index is 1.53. The first-order valence-electron chi connectivity index (χ1n) is 9.70. The maximum absolute atomic E-state index is 3.93. The Morgan fingerprint density at radius 1 is 1.00 bits per heavy atom. The van der Waals surface area contributed by atoms with Crippen LogP contribution in [-0.4, -0.2) is 36.1 Å². The molecule has 0 aromatic carbocycles. The van der Waals surface area contributed by atoms with Crippen molar-refractivity contribution < 1.29 is 0 Å². The Labute approximate surface area is 132 Å². The molecule has 2 saturated carbocycles. The van der Waals surface area contributed by atoms with Crippen LogP contribution in [0.4, 0.5) is 0 Å². The third kappa shape index (κ3) is 3.82. The Kier molecular flexibility index (Phi) is 5.27. The lowest BCUT2D eigenvalue weighted by atomic mass is 9.78. The van der Waals surface area contributed by atoms with Crippen LogP contribution in [0.15, 0.2) is 0 Å². The summed E-state index contributed by atoms with van der Waals surface area (Å²) < 4.78 is 0. The van der Waals surface area contributed by atoms with Crippen LogP contribution in [0.2, 0.25) is 0 Å². The zero-order valence-electron chi connectivity index (χ0n) is 14.4. The molecule has 2 nitrogen and oxygen atoms in total. The molecule has 1 heterocycles. The second-order valence-electron chi connectivity index (χ2n) is 8.30. The first-order valence-corrected chi connectivity index (χ1v) is 9.70. The summed E-state index contributed by atoms with van der Waals surface area (Å²) >= 11 is 0. The summed E-state index contributed by atoms with van der Waals surface area (Å²) in [6.07, 6.45) is 14.5. The normalized spacial score (nSPS) is 37.7. The molecule has 2 heteroatoms. The number of rotatable bonds is 3. The van der Waals surface area contributed by atoms with Gasteiger partial charge in [0.05, 0.1) is 0 Å². The van der Waals surface area contributed by atoms with E-state index >= 15 is 0 Å². The largest absolute Gasteiger partial charge is 0.308 e. The Morgan fingerprint density at radius 3 is 2.33 bits per heavy atom. The van der Waals surface area contributed by atoms with Crippen LogP contribution in [0, 0.1) is 11.8 Å². The van der Waals surface area contributed by atoms with Crippen molar-refractivity contribution in [2.24, 2.45) is 11.8 Å². The molecule has 0 aromatic heterocycles. The van der Waals surface area contributed by atoms with Crippen LogP contribution >= 0.6 is 0 Å². The maximum Gasteiger partial charge on any atom is 0.0309 e. The molecule has 0 radical (unpaired) electrons. The minimum absolute atomic E-state index is 0.478. The van der Waals surface area contributed by atoms with Crippen LogP contribution in [0.1, 0.15) is 78.1 Å². The van der Waals surface area contributed by atoms with Gasteiger partial charge in [-0.25, -0.2) is 0 Å². The summed E-state index contributed by atoms with van der Waals surface area (Å²) in [5.41, 5.74) is 0.478. The van der Waals surface area contributed by atoms with Gasteiger partial charge < -0.3 is 5.32 Å². The van der Waals surface area contributed by atoms with Crippen LogP contribution in [0.3, 0.4) is 0 Å². The molecule has 0 aromatic rings. The minimum Gasteiger partial charge on any atom is -0.308 e. The quantitative estimate of drug-likeness (QED) is 0.838. The van der Waals surface area contributed by atoms with Crippen molar-refractivity contribution in [3.8, 4) is 0 Å². The summed E-state index contributed by atoms with van der Waals surface area (Å²) in [6, 6.07) is 0.737. The van der Waals surface area contributed by atoms with Crippen molar-refractivity contribution in [2.75, 3.05) is 19.6 Å². The van der Waals surface area contributed by atoms with Gasteiger partial charge in [0, 0.05) is 31.2 Å². The van der Waals surface area contributed by atoms with Crippen LogP contribution in [0.5, 0.6) is 0 Å². The highest BCUT2D eigenvalue weighted by molar-refractivity contribution is 4.99. The molecule has 1 unspecified atom stereocenters. The van der Waals surface area contributed by atoms with Gasteiger partial charge in [-0.3, -0.25) is 4.90 Å². The van der Waals surface area contributed by atoms with E-state index < -0.39 is 0 Å². The van der Waals surface area contributed by atoms with Crippen molar-refractivity contribution >= 4 is 0 Å². The summed E-state index contributed by atoms with van der Waals surface area (Å²) in [5.74, 6) is 2.01. The molecule has 0 amide bonds. The van der Waals surface area contributed by atoms with Gasteiger partial charge in [0.25, 0.3) is 0 Å². The molecule has 1 spiro atoms. The summed E-state index contributed by atoms with van der Waals surface area (Å²) in [7, 11) is 0. The zero-order valence-corrected chi connectivity index (χ0v) is 14.4. The number of nitrogens with zero attached hydrogens (tertiary/aromatic N) is 1. The van der Waals surface area contributed by atoms with E-state index in [1.165, 1.54) is 83.8 Å². The molecule has 3 fully saturated rings. The van der Waals surface area contributed by atoms with E-state index in [0.717, 1.165) is 17.9 Å². The second-order valence-corrected chi connectivity index (χ2v) is 8.30. The number of hydrogen-bond donors (Lipinski definition) is 1. The average molecular weight is 293 g/mol. The van der Waals surface area contributed by atoms with E-state index in [1.54, 1.807) is 0 Å². The van der Waals surface area contributed by atoms with Gasteiger partial charge >= 0.3 is 0 Å². The Hall–Kier alpha value is -0.0800. The lowest BCUT2D eigenvalue weighted by Gasteiger charge is -2.50.